The van der Waals surface area contributed by atoms with Crippen LogP contribution in [-0.4, -0.2) is 30.9 Å². The molecule has 0 heterocycles. The average Bonchev–Trinajstić information content (AvgIpc) is 3.27. The third-order valence-corrected chi connectivity index (χ3v) is 4.12. The Bertz CT molecular complexity index is 680. The molecule has 3 rings (SSSR count). The van der Waals surface area contributed by atoms with Crippen LogP contribution in [0.2, 0.25) is 0 Å². The van der Waals surface area contributed by atoms with Gasteiger partial charge in [0.05, 0.1) is 0 Å². The lowest BCUT2D eigenvalue weighted by Gasteiger charge is -2.10. The van der Waals surface area contributed by atoms with Gasteiger partial charge in [0.1, 0.15) is 5.82 Å². The Kier molecular flexibility index (Phi) is 4.44. The smallest absolute Gasteiger partial charge is 0.251 e. The molecule has 0 aromatic heterocycles. The van der Waals surface area contributed by atoms with Crippen LogP contribution in [0.5, 0.6) is 0 Å². The van der Waals surface area contributed by atoms with Crippen molar-refractivity contribution in [2.24, 2.45) is 0 Å². The second-order valence-electron chi connectivity index (χ2n) is 6.41. The van der Waals surface area contributed by atoms with Crippen molar-refractivity contribution in [2.75, 3.05) is 14.1 Å². The van der Waals surface area contributed by atoms with E-state index in [2.05, 4.69) is 10.2 Å². The van der Waals surface area contributed by atoms with Gasteiger partial charge in [0.15, 0.2) is 0 Å². The molecule has 2 atom stereocenters. The summed E-state index contributed by atoms with van der Waals surface area (Å²) in [5, 5.41) is 3.05. The van der Waals surface area contributed by atoms with Crippen LogP contribution in [0, 0.1) is 5.82 Å². The van der Waals surface area contributed by atoms with E-state index in [4.69, 9.17) is 0 Å². The molecule has 1 saturated carbocycles. The summed E-state index contributed by atoms with van der Waals surface area (Å²) >= 11 is 0. The van der Waals surface area contributed by atoms with Gasteiger partial charge in [-0.05, 0) is 55.9 Å². The quantitative estimate of drug-likeness (QED) is 0.920. The number of benzene rings is 2. The van der Waals surface area contributed by atoms with E-state index in [1.807, 2.05) is 38.4 Å². The largest absolute Gasteiger partial charge is 0.349 e. The summed E-state index contributed by atoms with van der Waals surface area (Å²) < 4.78 is 12.9. The Hall–Kier alpha value is -2.20. The predicted octanol–water partition coefficient (Wildman–Crippen LogP) is 3.17. The zero-order valence-electron chi connectivity index (χ0n) is 13.4. The highest BCUT2D eigenvalue weighted by molar-refractivity contribution is 5.94. The van der Waals surface area contributed by atoms with Gasteiger partial charge in [-0.3, -0.25) is 4.79 Å². The summed E-state index contributed by atoms with van der Waals surface area (Å²) in [6.07, 6.45) is 0.913. The molecule has 0 bridgehead atoms. The van der Waals surface area contributed by atoms with Crippen molar-refractivity contribution >= 4 is 5.91 Å². The van der Waals surface area contributed by atoms with E-state index in [-0.39, 0.29) is 17.8 Å². The molecule has 23 heavy (non-hydrogen) atoms. The molecule has 0 aliphatic heterocycles. The Labute approximate surface area is 136 Å². The number of carbonyl (C=O) groups is 1. The van der Waals surface area contributed by atoms with Gasteiger partial charge in [-0.25, -0.2) is 4.39 Å². The predicted molar refractivity (Wildman–Crippen MR) is 88.8 cm³/mol. The highest BCUT2D eigenvalue weighted by Crippen LogP contribution is 2.40. The Morgan fingerprint density at radius 1 is 1.13 bits per heavy atom. The molecular weight excluding hydrogens is 291 g/mol. The van der Waals surface area contributed by atoms with Crippen LogP contribution in [-0.2, 0) is 6.54 Å². The fourth-order valence-corrected chi connectivity index (χ4v) is 2.81. The van der Waals surface area contributed by atoms with E-state index in [9.17, 15) is 9.18 Å². The molecule has 0 radical (unpaired) electrons. The third-order valence-electron chi connectivity index (χ3n) is 4.12. The lowest BCUT2D eigenvalue weighted by Crippen LogP contribution is -2.26. The van der Waals surface area contributed by atoms with Gasteiger partial charge < -0.3 is 10.2 Å². The van der Waals surface area contributed by atoms with Crippen molar-refractivity contribution in [2.45, 2.75) is 24.9 Å². The van der Waals surface area contributed by atoms with E-state index in [0.29, 0.717) is 11.5 Å². The van der Waals surface area contributed by atoms with Crippen LogP contribution in [0.1, 0.15) is 33.8 Å². The molecule has 1 amide bonds. The third kappa shape index (κ3) is 3.96. The van der Waals surface area contributed by atoms with E-state index in [1.54, 1.807) is 12.1 Å². The lowest BCUT2D eigenvalue weighted by atomic mass is 10.1. The van der Waals surface area contributed by atoms with E-state index in [1.165, 1.54) is 17.7 Å². The maximum atomic E-state index is 12.9. The molecule has 1 aliphatic carbocycles. The second-order valence-corrected chi connectivity index (χ2v) is 6.41. The molecule has 4 heteroatoms. The molecule has 2 aromatic carbocycles. The molecule has 0 spiro atoms. The molecule has 120 valence electrons. The van der Waals surface area contributed by atoms with Gasteiger partial charge in [-0.15, -0.1) is 0 Å². The first-order valence-electron chi connectivity index (χ1n) is 7.83. The SMILES string of the molecule is CN(C)Cc1ccc(C(=O)N[C@H]2C[C@H]2c2ccc(F)cc2)cc1. The maximum absolute atomic E-state index is 12.9. The number of rotatable bonds is 5. The van der Waals surface area contributed by atoms with Gasteiger partial charge in [0.2, 0.25) is 0 Å². The van der Waals surface area contributed by atoms with Crippen molar-refractivity contribution < 1.29 is 9.18 Å². The van der Waals surface area contributed by atoms with Gasteiger partial charge in [-0.2, -0.15) is 0 Å². The molecule has 1 aliphatic rings. The molecule has 2 aromatic rings. The van der Waals surface area contributed by atoms with Crippen LogP contribution < -0.4 is 5.32 Å². The van der Waals surface area contributed by atoms with Crippen LogP contribution in [0.4, 0.5) is 4.39 Å². The Morgan fingerprint density at radius 3 is 2.39 bits per heavy atom. The zero-order chi connectivity index (χ0) is 16.4. The highest BCUT2D eigenvalue weighted by Gasteiger charge is 2.39. The fraction of sp³-hybridized carbons (Fsp3) is 0.316. The van der Waals surface area contributed by atoms with Crippen LogP contribution >= 0.6 is 0 Å². The molecule has 3 nitrogen and oxygen atoms in total. The normalized spacial score (nSPS) is 19.7. The minimum absolute atomic E-state index is 0.0454. The second kappa shape index (κ2) is 6.50. The molecule has 0 unspecified atom stereocenters. The van der Waals surface area contributed by atoms with Gasteiger partial charge >= 0.3 is 0 Å². The summed E-state index contributed by atoms with van der Waals surface area (Å²) in [5.74, 6) is 0.0244. The number of halogens is 1. The minimum Gasteiger partial charge on any atom is -0.349 e. The van der Waals surface area contributed by atoms with Gasteiger partial charge in [0, 0.05) is 24.1 Å². The van der Waals surface area contributed by atoms with E-state index < -0.39 is 0 Å². The maximum Gasteiger partial charge on any atom is 0.251 e. The van der Waals surface area contributed by atoms with E-state index >= 15 is 0 Å². The lowest BCUT2D eigenvalue weighted by molar-refractivity contribution is 0.0950. The van der Waals surface area contributed by atoms with E-state index in [0.717, 1.165) is 18.5 Å². The first-order valence-corrected chi connectivity index (χ1v) is 7.83. The number of hydrogen-bond donors (Lipinski definition) is 1. The summed E-state index contributed by atoms with van der Waals surface area (Å²) in [7, 11) is 4.03. The summed E-state index contributed by atoms with van der Waals surface area (Å²) in [4.78, 5) is 14.4. The molecule has 1 fully saturated rings. The number of nitrogens with zero attached hydrogens (tertiary/aromatic N) is 1. The molecule has 1 N–H and O–H groups in total. The summed E-state index contributed by atoms with van der Waals surface area (Å²) in [5.41, 5.74) is 2.94. The Morgan fingerprint density at radius 2 is 1.78 bits per heavy atom. The van der Waals surface area contributed by atoms with Crippen LogP contribution in [0.3, 0.4) is 0 Å². The number of carbonyl (C=O) groups excluding carboxylic acids is 1. The minimum atomic E-state index is -0.229. The zero-order valence-corrected chi connectivity index (χ0v) is 13.4. The summed E-state index contributed by atoms with van der Waals surface area (Å²) in [6, 6.07) is 14.4. The molecular formula is C19H21FN2O. The topological polar surface area (TPSA) is 32.3 Å². The highest BCUT2D eigenvalue weighted by atomic mass is 19.1. The Balaban J connectivity index is 1.57. The summed E-state index contributed by atoms with van der Waals surface area (Å²) in [6.45, 7) is 0.858. The number of amides is 1. The van der Waals surface area contributed by atoms with Crippen molar-refractivity contribution in [3.63, 3.8) is 0 Å². The number of hydrogen-bond acceptors (Lipinski definition) is 2. The van der Waals surface area contributed by atoms with Crippen molar-refractivity contribution in [3.8, 4) is 0 Å². The monoisotopic (exact) mass is 312 g/mol. The first kappa shape index (κ1) is 15.7. The average molecular weight is 312 g/mol. The first-order chi connectivity index (χ1) is 11.0. The fourth-order valence-electron chi connectivity index (χ4n) is 2.81. The number of nitrogens with one attached hydrogen (secondary N) is 1. The van der Waals surface area contributed by atoms with Gasteiger partial charge in [-0.1, -0.05) is 24.3 Å². The molecule has 0 saturated heterocycles. The van der Waals surface area contributed by atoms with Crippen LogP contribution in [0.25, 0.3) is 0 Å². The van der Waals surface area contributed by atoms with Crippen LogP contribution in [0.15, 0.2) is 48.5 Å². The van der Waals surface area contributed by atoms with Crippen molar-refractivity contribution in [1.82, 2.24) is 10.2 Å². The standard InChI is InChI=1S/C19H21FN2O/c1-22(2)12-13-3-5-15(6-4-13)19(23)21-18-11-17(18)14-7-9-16(20)10-8-14/h3-10,17-18H,11-12H2,1-2H3,(H,21,23)/t17-,18-/m0/s1. The van der Waals surface area contributed by atoms with Crippen molar-refractivity contribution in [1.29, 1.82) is 0 Å². The van der Waals surface area contributed by atoms with Gasteiger partial charge in [0.25, 0.3) is 5.91 Å². The van der Waals surface area contributed by atoms with Crippen molar-refractivity contribution in [3.05, 3.63) is 71.0 Å².